The van der Waals surface area contributed by atoms with Crippen LogP contribution in [0.15, 0.2) is 32.6 Å². The van der Waals surface area contributed by atoms with Crippen LogP contribution in [0.3, 0.4) is 0 Å². The second-order valence-electron chi connectivity index (χ2n) is 3.97. The third kappa shape index (κ3) is 1.80. The van der Waals surface area contributed by atoms with Gasteiger partial charge < -0.3 is 0 Å². The van der Waals surface area contributed by atoms with Crippen molar-refractivity contribution >= 4 is 33.7 Å². The number of aromatic nitrogens is 2. The second-order valence-corrected chi connectivity index (χ2v) is 6.85. The van der Waals surface area contributed by atoms with E-state index in [2.05, 4.69) is 22.1 Å². The molecule has 1 atom stereocenters. The second kappa shape index (κ2) is 4.85. The molecule has 4 nitrogen and oxygen atoms in total. The van der Waals surface area contributed by atoms with Crippen LogP contribution in [0.5, 0.6) is 0 Å². The first kappa shape index (κ1) is 11.9. The summed E-state index contributed by atoms with van der Waals surface area (Å²) in [7, 11) is -1.09. The Balaban J connectivity index is 2.13. The summed E-state index contributed by atoms with van der Waals surface area (Å²) >= 11 is 1.65. The molecule has 3 heterocycles. The molecular formula is C12H13N3OS2. The highest BCUT2D eigenvalue weighted by molar-refractivity contribution is 8.19. The largest absolute Gasteiger partial charge is 0.292 e. The van der Waals surface area contributed by atoms with E-state index in [9.17, 15) is 4.21 Å². The van der Waals surface area contributed by atoms with E-state index >= 15 is 0 Å². The molecule has 94 valence electrons. The van der Waals surface area contributed by atoms with Crippen LogP contribution in [0.25, 0.3) is 4.91 Å². The third-order valence-corrected chi connectivity index (χ3v) is 5.88. The standard InChI is InChI=1S/C12H13N3OS2/c1-2-17-12-9-7-13-5-3-8(9)11(18(12)16)10-4-6-14-15-10/h4,6-7H,2-3,5H2,1H3,(H,14,15). The Morgan fingerprint density at radius 1 is 1.56 bits per heavy atom. The monoisotopic (exact) mass is 279 g/mol. The number of hydrogen-bond donors (Lipinski definition) is 1. The minimum Gasteiger partial charge on any atom is -0.292 e. The molecule has 0 saturated carbocycles. The normalized spacial score (nSPS) is 22.8. The minimum atomic E-state index is -1.09. The van der Waals surface area contributed by atoms with Crippen LogP contribution < -0.4 is 0 Å². The van der Waals surface area contributed by atoms with Gasteiger partial charge in [0.2, 0.25) is 0 Å². The zero-order chi connectivity index (χ0) is 12.5. The van der Waals surface area contributed by atoms with Crippen LogP contribution in [0.4, 0.5) is 0 Å². The van der Waals surface area contributed by atoms with E-state index in [4.69, 9.17) is 0 Å². The number of hydrogen-bond acceptors (Lipinski definition) is 4. The van der Waals surface area contributed by atoms with Crippen molar-refractivity contribution in [3.8, 4) is 0 Å². The van der Waals surface area contributed by atoms with Crippen molar-refractivity contribution < 1.29 is 4.21 Å². The lowest BCUT2D eigenvalue weighted by molar-refractivity contribution is 0.693. The number of nitrogens with zero attached hydrogens (tertiary/aromatic N) is 2. The summed E-state index contributed by atoms with van der Waals surface area (Å²) in [6.45, 7) is 2.85. The van der Waals surface area contributed by atoms with Crippen LogP contribution in [0, 0.1) is 0 Å². The van der Waals surface area contributed by atoms with Gasteiger partial charge in [-0.3, -0.25) is 10.1 Å². The molecule has 0 aliphatic carbocycles. The quantitative estimate of drug-likeness (QED) is 0.923. The fourth-order valence-electron chi connectivity index (χ4n) is 2.17. The molecule has 0 aromatic carbocycles. The van der Waals surface area contributed by atoms with Gasteiger partial charge in [0.15, 0.2) is 0 Å². The van der Waals surface area contributed by atoms with Gasteiger partial charge in [0.25, 0.3) is 0 Å². The highest BCUT2D eigenvalue weighted by atomic mass is 32.2. The fourth-order valence-corrected chi connectivity index (χ4v) is 5.10. The summed E-state index contributed by atoms with van der Waals surface area (Å²) in [5.74, 6) is 0.919. The molecular weight excluding hydrogens is 266 g/mol. The van der Waals surface area contributed by atoms with E-state index in [-0.39, 0.29) is 0 Å². The lowest BCUT2D eigenvalue weighted by Gasteiger charge is -2.09. The Morgan fingerprint density at radius 2 is 2.44 bits per heavy atom. The number of thioether (sulfide) groups is 1. The summed E-state index contributed by atoms with van der Waals surface area (Å²) in [4.78, 5) is 5.20. The van der Waals surface area contributed by atoms with Gasteiger partial charge >= 0.3 is 0 Å². The Kier molecular flexibility index (Phi) is 3.22. The van der Waals surface area contributed by atoms with Crippen molar-refractivity contribution in [1.82, 2.24) is 10.2 Å². The average molecular weight is 279 g/mol. The molecule has 0 fully saturated rings. The first-order valence-electron chi connectivity index (χ1n) is 5.85. The number of fused-ring (bicyclic) bond motifs is 1. The smallest absolute Gasteiger partial charge is 0.0946 e. The molecule has 0 spiro atoms. The number of aliphatic imine (C=N–C) groups is 1. The molecule has 1 unspecified atom stereocenters. The third-order valence-electron chi connectivity index (χ3n) is 2.90. The predicted octanol–water partition coefficient (Wildman–Crippen LogP) is 2.32. The van der Waals surface area contributed by atoms with Crippen LogP contribution in [0.2, 0.25) is 0 Å². The predicted molar refractivity (Wildman–Crippen MR) is 76.8 cm³/mol. The Labute approximate surface area is 112 Å². The van der Waals surface area contributed by atoms with E-state index < -0.39 is 10.8 Å². The molecule has 0 bridgehead atoms. The molecule has 2 aliphatic heterocycles. The average Bonchev–Trinajstić information content (AvgIpc) is 2.98. The zero-order valence-corrected chi connectivity index (χ0v) is 11.6. The van der Waals surface area contributed by atoms with E-state index in [1.165, 1.54) is 5.57 Å². The first-order valence-corrected chi connectivity index (χ1v) is 7.98. The van der Waals surface area contributed by atoms with Gasteiger partial charge in [-0.1, -0.05) is 6.92 Å². The van der Waals surface area contributed by atoms with Crippen molar-refractivity contribution in [2.75, 3.05) is 12.3 Å². The number of H-pyrrole nitrogens is 1. The number of nitrogens with one attached hydrogen (secondary N) is 1. The molecule has 1 aromatic heterocycles. The van der Waals surface area contributed by atoms with Crippen molar-refractivity contribution in [1.29, 1.82) is 0 Å². The molecule has 2 aliphatic rings. The summed E-state index contributed by atoms with van der Waals surface area (Å²) in [5, 5.41) is 6.88. The summed E-state index contributed by atoms with van der Waals surface area (Å²) in [6, 6.07) is 1.88. The maximum Gasteiger partial charge on any atom is 0.0946 e. The minimum absolute atomic E-state index is 0.776. The topological polar surface area (TPSA) is 58.1 Å². The molecule has 1 N–H and O–H groups in total. The van der Waals surface area contributed by atoms with Crippen LogP contribution in [0.1, 0.15) is 19.0 Å². The van der Waals surface area contributed by atoms with Gasteiger partial charge in [0.05, 0.1) is 25.6 Å². The van der Waals surface area contributed by atoms with Gasteiger partial charge in [0.1, 0.15) is 0 Å². The number of rotatable bonds is 3. The molecule has 1 aromatic rings. The van der Waals surface area contributed by atoms with Crippen molar-refractivity contribution in [3.05, 3.63) is 33.3 Å². The SMILES string of the molecule is CCSC1=C2C=NCCC2=C(c2ccn[nH]2)S1=O. The van der Waals surface area contributed by atoms with E-state index in [0.29, 0.717) is 0 Å². The van der Waals surface area contributed by atoms with Crippen molar-refractivity contribution in [2.45, 2.75) is 13.3 Å². The van der Waals surface area contributed by atoms with Gasteiger partial charge in [0, 0.05) is 24.5 Å². The summed E-state index contributed by atoms with van der Waals surface area (Å²) < 4.78 is 13.6. The zero-order valence-electron chi connectivity index (χ0n) is 9.97. The molecule has 0 radical (unpaired) electrons. The van der Waals surface area contributed by atoms with Gasteiger partial charge in [-0.2, -0.15) is 5.10 Å². The summed E-state index contributed by atoms with van der Waals surface area (Å²) in [6.07, 6.45) is 4.43. The molecule has 3 rings (SSSR count). The fraction of sp³-hybridized carbons (Fsp3) is 0.333. The maximum absolute atomic E-state index is 12.6. The maximum atomic E-state index is 12.6. The van der Waals surface area contributed by atoms with Crippen molar-refractivity contribution in [3.63, 3.8) is 0 Å². The van der Waals surface area contributed by atoms with E-state index in [1.54, 1.807) is 18.0 Å². The van der Waals surface area contributed by atoms with Gasteiger partial charge in [-0.15, -0.1) is 11.8 Å². The molecule has 0 amide bonds. The number of aromatic amines is 1. The Bertz CT molecular complexity index is 584. The molecule has 0 saturated heterocycles. The highest BCUT2D eigenvalue weighted by Crippen LogP contribution is 2.44. The van der Waals surface area contributed by atoms with Crippen LogP contribution >= 0.6 is 11.8 Å². The van der Waals surface area contributed by atoms with Gasteiger partial charge in [-0.05, 0) is 23.8 Å². The highest BCUT2D eigenvalue weighted by Gasteiger charge is 2.32. The van der Waals surface area contributed by atoms with E-state index in [1.807, 2.05) is 12.3 Å². The van der Waals surface area contributed by atoms with Crippen LogP contribution in [-0.4, -0.2) is 32.9 Å². The summed E-state index contributed by atoms with van der Waals surface area (Å²) in [5.41, 5.74) is 3.10. The Hall–Kier alpha value is -1.14. The van der Waals surface area contributed by atoms with Crippen molar-refractivity contribution in [2.24, 2.45) is 4.99 Å². The lowest BCUT2D eigenvalue weighted by Crippen LogP contribution is -2.01. The Morgan fingerprint density at radius 3 is 3.17 bits per heavy atom. The number of allylic oxidation sites excluding steroid dienone is 1. The molecule has 18 heavy (non-hydrogen) atoms. The first-order chi connectivity index (χ1) is 8.83. The van der Waals surface area contributed by atoms with Crippen LogP contribution in [-0.2, 0) is 10.8 Å². The van der Waals surface area contributed by atoms with E-state index in [0.717, 1.165) is 39.1 Å². The van der Waals surface area contributed by atoms with Gasteiger partial charge in [-0.25, -0.2) is 4.21 Å². The lowest BCUT2D eigenvalue weighted by atomic mass is 10.0. The molecule has 6 heteroatoms.